The van der Waals surface area contributed by atoms with Gasteiger partial charge in [-0.3, -0.25) is 9.59 Å². The van der Waals surface area contributed by atoms with Crippen LogP contribution in [0.2, 0.25) is 0 Å². The average Bonchev–Trinajstić information content (AvgIpc) is 2.49. The fourth-order valence-electron chi connectivity index (χ4n) is 3.19. The van der Waals surface area contributed by atoms with Crippen molar-refractivity contribution in [2.75, 3.05) is 0 Å². The summed E-state index contributed by atoms with van der Waals surface area (Å²) >= 11 is 0. The third-order valence-corrected chi connectivity index (χ3v) is 3.91. The lowest BCUT2D eigenvalue weighted by molar-refractivity contribution is -0.153. The molecule has 0 aromatic heterocycles. The fraction of sp³-hybridized carbons (Fsp3) is 0.818. The van der Waals surface area contributed by atoms with Crippen molar-refractivity contribution in [2.45, 2.75) is 44.9 Å². The van der Waals surface area contributed by atoms with Gasteiger partial charge in [0.2, 0.25) is 0 Å². The first kappa shape index (κ1) is 9.69. The van der Waals surface area contributed by atoms with Crippen LogP contribution in [0.15, 0.2) is 0 Å². The molecule has 1 spiro atoms. The maximum absolute atomic E-state index is 11.8. The summed E-state index contributed by atoms with van der Waals surface area (Å²) in [5.74, 6) is -0.948. The lowest BCUT2D eigenvalue weighted by Crippen LogP contribution is -2.41. The summed E-state index contributed by atoms with van der Waals surface area (Å²) in [6.07, 6.45) is 5.79. The van der Waals surface area contributed by atoms with Crippen LogP contribution in [0.4, 0.5) is 0 Å². The highest BCUT2D eigenvalue weighted by Crippen LogP contribution is 2.50. The Morgan fingerprint density at radius 2 is 2.00 bits per heavy atom. The number of hydrogen-bond donors (Lipinski definition) is 1. The Kier molecular flexibility index (Phi) is 2.33. The number of carbonyl (C=O) groups is 2. The summed E-state index contributed by atoms with van der Waals surface area (Å²) in [7, 11) is 0. The molecule has 1 N–H and O–H groups in total. The van der Waals surface area contributed by atoms with Crippen LogP contribution in [-0.2, 0) is 9.59 Å². The first-order valence-corrected chi connectivity index (χ1v) is 5.43. The summed E-state index contributed by atoms with van der Waals surface area (Å²) in [5.41, 5.74) is -0.468. The minimum atomic E-state index is -0.764. The van der Waals surface area contributed by atoms with Gasteiger partial charge in [-0.05, 0) is 25.7 Å². The molecule has 2 rings (SSSR count). The van der Waals surface area contributed by atoms with Gasteiger partial charge >= 0.3 is 5.97 Å². The van der Waals surface area contributed by atoms with E-state index in [9.17, 15) is 9.59 Å². The van der Waals surface area contributed by atoms with Crippen LogP contribution in [0.3, 0.4) is 0 Å². The van der Waals surface area contributed by atoms with Crippen molar-refractivity contribution >= 4 is 11.8 Å². The fourth-order valence-corrected chi connectivity index (χ4v) is 3.19. The Balaban J connectivity index is 2.28. The van der Waals surface area contributed by atoms with E-state index in [4.69, 9.17) is 5.11 Å². The number of carboxylic acid groups (broad SMARTS) is 1. The van der Waals surface area contributed by atoms with Crippen molar-refractivity contribution in [3.05, 3.63) is 0 Å². The molecule has 2 aliphatic carbocycles. The highest BCUT2D eigenvalue weighted by atomic mass is 16.4. The summed E-state index contributed by atoms with van der Waals surface area (Å²) < 4.78 is 0. The minimum Gasteiger partial charge on any atom is -0.481 e. The van der Waals surface area contributed by atoms with Gasteiger partial charge in [-0.2, -0.15) is 0 Å². The van der Waals surface area contributed by atoms with Crippen molar-refractivity contribution in [1.82, 2.24) is 0 Å². The lowest BCUT2D eigenvalue weighted by atomic mass is 9.64. The van der Waals surface area contributed by atoms with Crippen molar-refractivity contribution in [2.24, 2.45) is 11.3 Å². The molecular weight excluding hydrogens is 180 g/mol. The number of Topliss-reactive ketones (excluding diaryl/α,β-unsaturated/α-hetero) is 1. The van der Waals surface area contributed by atoms with Gasteiger partial charge in [0, 0.05) is 11.8 Å². The van der Waals surface area contributed by atoms with Crippen LogP contribution in [0.1, 0.15) is 44.9 Å². The average molecular weight is 196 g/mol. The number of carboxylic acids is 1. The molecule has 0 bridgehead atoms. The van der Waals surface area contributed by atoms with Gasteiger partial charge in [0.25, 0.3) is 0 Å². The zero-order chi connectivity index (χ0) is 10.2. The Morgan fingerprint density at radius 1 is 1.29 bits per heavy atom. The molecule has 0 saturated heterocycles. The summed E-state index contributed by atoms with van der Waals surface area (Å²) in [6, 6.07) is 0. The molecule has 0 radical (unpaired) electrons. The second-order valence-corrected chi connectivity index (χ2v) is 4.57. The van der Waals surface area contributed by atoms with Gasteiger partial charge in [-0.1, -0.05) is 12.8 Å². The van der Waals surface area contributed by atoms with Gasteiger partial charge in [-0.15, -0.1) is 0 Å². The molecule has 14 heavy (non-hydrogen) atoms. The molecule has 3 heteroatoms. The molecule has 0 aromatic rings. The third-order valence-electron chi connectivity index (χ3n) is 3.91. The van der Waals surface area contributed by atoms with Gasteiger partial charge in [0.05, 0.1) is 5.92 Å². The van der Waals surface area contributed by atoms with Crippen LogP contribution in [0.5, 0.6) is 0 Å². The second-order valence-electron chi connectivity index (χ2n) is 4.57. The van der Waals surface area contributed by atoms with Gasteiger partial charge in [0.15, 0.2) is 0 Å². The molecule has 2 saturated carbocycles. The van der Waals surface area contributed by atoms with Crippen LogP contribution >= 0.6 is 0 Å². The number of rotatable bonds is 1. The molecule has 2 aliphatic rings. The largest absolute Gasteiger partial charge is 0.481 e. The highest BCUT2D eigenvalue weighted by Gasteiger charge is 2.51. The predicted octanol–water partition coefficient (Wildman–Crippen LogP) is 2.00. The molecule has 0 heterocycles. The van der Waals surface area contributed by atoms with Crippen LogP contribution in [-0.4, -0.2) is 16.9 Å². The summed E-state index contributed by atoms with van der Waals surface area (Å²) in [6.45, 7) is 0. The first-order chi connectivity index (χ1) is 6.67. The monoisotopic (exact) mass is 196 g/mol. The van der Waals surface area contributed by atoms with E-state index in [2.05, 4.69) is 0 Å². The lowest BCUT2D eigenvalue weighted by Gasteiger charge is -2.37. The van der Waals surface area contributed by atoms with E-state index in [0.29, 0.717) is 12.8 Å². The van der Waals surface area contributed by atoms with E-state index in [-0.39, 0.29) is 5.78 Å². The van der Waals surface area contributed by atoms with Crippen molar-refractivity contribution in [3.63, 3.8) is 0 Å². The Morgan fingerprint density at radius 3 is 2.57 bits per heavy atom. The summed E-state index contributed by atoms with van der Waals surface area (Å²) in [4.78, 5) is 22.9. The Bertz CT molecular complexity index is 272. The number of ketones is 1. The smallest absolute Gasteiger partial charge is 0.307 e. The molecule has 2 fully saturated rings. The van der Waals surface area contributed by atoms with Crippen LogP contribution in [0, 0.1) is 11.3 Å². The molecule has 78 valence electrons. The SMILES string of the molecule is O=C(O)[C@@H]1CCCC[C@@]12CCCC2=O. The topological polar surface area (TPSA) is 54.4 Å². The minimum absolute atomic E-state index is 0.213. The van der Waals surface area contributed by atoms with E-state index in [0.717, 1.165) is 32.1 Å². The van der Waals surface area contributed by atoms with Gasteiger partial charge < -0.3 is 5.11 Å². The number of carbonyl (C=O) groups excluding carboxylic acids is 1. The predicted molar refractivity (Wildman–Crippen MR) is 50.9 cm³/mol. The first-order valence-electron chi connectivity index (χ1n) is 5.43. The second kappa shape index (κ2) is 3.37. The number of aliphatic carboxylic acids is 1. The molecule has 0 aromatic carbocycles. The molecule has 0 unspecified atom stereocenters. The van der Waals surface area contributed by atoms with Crippen molar-refractivity contribution in [1.29, 1.82) is 0 Å². The Labute approximate surface area is 83.5 Å². The molecular formula is C11H16O3. The quantitative estimate of drug-likeness (QED) is 0.697. The van der Waals surface area contributed by atoms with Crippen LogP contribution < -0.4 is 0 Å². The Hall–Kier alpha value is -0.860. The van der Waals surface area contributed by atoms with E-state index in [1.807, 2.05) is 0 Å². The van der Waals surface area contributed by atoms with Gasteiger partial charge in [0.1, 0.15) is 5.78 Å². The summed E-state index contributed by atoms with van der Waals surface area (Å²) in [5, 5.41) is 9.13. The molecule has 3 nitrogen and oxygen atoms in total. The maximum atomic E-state index is 11.8. The normalized spacial score (nSPS) is 37.7. The molecule has 2 atom stereocenters. The van der Waals surface area contributed by atoms with E-state index >= 15 is 0 Å². The zero-order valence-corrected chi connectivity index (χ0v) is 8.29. The van der Waals surface area contributed by atoms with E-state index in [1.54, 1.807) is 0 Å². The standard InChI is InChI=1S/C11H16O3/c12-9-5-3-7-11(9)6-2-1-4-8(11)10(13)14/h8H,1-7H2,(H,13,14)/t8-,11+/m0/s1. The molecule has 0 aliphatic heterocycles. The third kappa shape index (κ3) is 1.26. The highest BCUT2D eigenvalue weighted by molar-refractivity contribution is 5.91. The van der Waals surface area contributed by atoms with Crippen molar-refractivity contribution in [3.8, 4) is 0 Å². The maximum Gasteiger partial charge on any atom is 0.307 e. The van der Waals surface area contributed by atoms with Crippen LogP contribution in [0.25, 0.3) is 0 Å². The molecule has 0 amide bonds. The van der Waals surface area contributed by atoms with Gasteiger partial charge in [-0.25, -0.2) is 0 Å². The van der Waals surface area contributed by atoms with E-state index < -0.39 is 17.3 Å². The number of hydrogen-bond acceptors (Lipinski definition) is 2. The van der Waals surface area contributed by atoms with E-state index in [1.165, 1.54) is 0 Å². The zero-order valence-electron chi connectivity index (χ0n) is 8.29. The van der Waals surface area contributed by atoms with Crippen molar-refractivity contribution < 1.29 is 14.7 Å².